The summed E-state index contributed by atoms with van der Waals surface area (Å²) in [5.41, 5.74) is 0. The number of esters is 1. The second-order valence-electron chi connectivity index (χ2n) is 2.21. The number of ether oxygens (including phenoxy) is 1. The van der Waals surface area contributed by atoms with Crippen LogP contribution in [0.1, 0.15) is 13.8 Å². The number of rotatable bonds is 1. The molecule has 0 unspecified atom stereocenters. The average molecular weight is 312 g/mol. The molecular formula is C5H11BiO2. The maximum absolute atomic E-state index is 10.7. The fourth-order valence-corrected chi connectivity index (χ4v) is 0.721. The van der Waals surface area contributed by atoms with Gasteiger partial charge in [-0.15, -0.1) is 0 Å². The van der Waals surface area contributed by atoms with E-state index in [-0.39, 0.29) is 9.09 Å². The molecule has 0 bridgehead atoms. The maximum atomic E-state index is 10.7. The van der Waals surface area contributed by atoms with Crippen molar-refractivity contribution in [2.45, 2.75) is 17.0 Å². The van der Waals surface area contributed by atoms with E-state index in [0.29, 0.717) is 24.7 Å². The van der Waals surface area contributed by atoms with Crippen LogP contribution in [0.3, 0.4) is 0 Å². The molecule has 0 saturated heterocycles. The molecule has 0 atom stereocenters. The number of carbonyl (C=O) groups is 1. The van der Waals surface area contributed by atoms with Gasteiger partial charge >= 0.3 is 64.3 Å². The Morgan fingerprint density at radius 1 is 1.62 bits per heavy atom. The van der Waals surface area contributed by atoms with Gasteiger partial charge in [0, 0.05) is 0 Å². The van der Waals surface area contributed by atoms with Crippen molar-refractivity contribution < 1.29 is 9.53 Å². The van der Waals surface area contributed by atoms with E-state index in [9.17, 15) is 4.79 Å². The molecule has 3 heteroatoms. The molecule has 0 N–H and O–H groups in total. The Bertz CT molecular complexity index is 93.1. The Morgan fingerprint density at radius 3 is 2.00 bits per heavy atom. The van der Waals surface area contributed by atoms with Gasteiger partial charge in [-0.05, 0) is 0 Å². The second-order valence-corrected chi connectivity index (χ2v) is 7.82. The Morgan fingerprint density at radius 2 is 2.00 bits per heavy atom. The first-order chi connectivity index (χ1) is 3.48. The van der Waals surface area contributed by atoms with Gasteiger partial charge in [0.1, 0.15) is 0 Å². The fourth-order valence-electron chi connectivity index (χ4n) is 0.263. The first-order valence-electron chi connectivity index (χ1n) is 2.36. The fraction of sp³-hybridized carbons (Fsp3) is 0.800. The Labute approximate surface area is 64.4 Å². The topological polar surface area (TPSA) is 26.3 Å². The van der Waals surface area contributed by atoms with E-state index in [1.165, 1.54) is 7.11 Å². The van der Waals surface area contributed by atoms with Gasteiger partial charge in [-0.25, -0.2) is 0 Å². The molecule has 0 radical (unpaired) electrons. The molecule has 0 aromatic rings. The van der Waals surface area contributed by atoms with E-state index in [0.717, 1.165) is 0 Å². The van der Waals surface area contributed by atoms with Crippen LogP contribution in [-0.2, 0) is 9.53 Å². The summed E-state index contributed by atoms with van der Waals surface area (Å²) in [6.45, 7) is 3.78. The van der Waals surface area contributed by atoms with Crippen LogP contribution in [0, 0.1) is 0 Å². The summed E-state index contributed by atoms with van der Waals surface area (Å²) >= 11 is 0.653. The van der Waals surface area contributed by atoms with E-state index in [4.69, 9.17) is 0 Å². The molecule has 0 aliphatic carbocycles. The van der Waals surface area contributed by atoms with Crippen LogP contribution in [0.25, 0.3) is 0 Å². The summed E-state index contributed by atoms with van der Waals surface area (Å²) in [7, 11) is 1.42. The van der Waals surface area contributed by atoms with Crippen molar-refractivity contribution in [2.24, 2.45) is 0 Å². The van der Waals surface area contributed by atoms with Crippen molar-refractivity contribution in [3.8, 4) is 0 Å². The summed E-state index contributed by atoms with van der Waals surface area (Å²) in [5, 5.41) is 0. The zero-order valence-electron chi connectivity index (χ0n) is 5.39. The predicted molar refractivity (Wildman–Crippen MR) is 34.6 cm³/mol. The van der Waals surface area contributed by atoms with Gasteiger partial charge in [-0.1, -0.05) is 0 Å². The van der Waals surface area contributed by atoms with E-state index in [2.05, 4.69) is 4.74 Å². The first kappa shape index (κ1) is 8.35. The van der Waals surface area contributed by atoms with E-state index in [1.807, 2.05) is 13.8 Å². The van der Waals surface area contributed by atoms with Crippen LogP contribution in [0.2, 0.25) is 3.12 Å². The third kappa shape index (κ3) is 2.61. The molecule has 0 heterocycles. The standard InChI is InChI=1S/C5H9O2.Bi.2H/c1-4(2)5(6)7-3;;;/h1-3H3;;;. The normalized spacial score (nSPS) is 11.0. The molecule has 0 aromatic carbocycles. The van der Waals surface area contributed by atoms with Crippen LogP contribution < -0.4 is 0 Å². The molecule has 2 nitrogen and oxygen atoms in total. The van der Waals surface area contributed by atoms with E-state index in [1.54, 1.807) is 0 Å². The zero-order chi connectivity index (χ0) is 6.78. The quantitative estimate of drug-likeness (QED) is 0.503. The molecule has 0 aliphatic heterocycles. The third-order valence-corrected chi connectivity index (χ3v) is 1.63. The van der Waals surface area contributed by atoms with Crippen LogP contribution in [0.5, 0.6) is 0 Å². The van der Waals surface area contributed by atoms with Gasteiger partial charge in [0.15, 0.2) is 0 Å². The van der Waals surface area contributed by atoms with Crippen molar-refractivity contribution in [1.29, 1.82) is 0 Å². The molecule has 48 valence electrons. The summed E-state index contributed by atoms with van der Waals surface area (Å²) in [6.07, 6.45) is 0. The van der Waals surface area contributed by atoms with Crippen molar-refractivity contribution in [3.63, 3.8) is 0 Å². The third-order valence-electron chi connectivity index (χ3n) is 0.711. The molecule has 0 aromatic heterocycles. The van der Waals surface area contributed by atoms with Crippen LogP contribution >= 0.6 is 0 Å². The van der Waals surface area contributed by atoms with Gasteiger partial charge in [-0.2, -0.15) is 0 Å². The molecular weight excluding hydrogens is 301 g/mol. The average Bonchev–Trinajstić information content (AvgIpc) is 1.62. The van der Waals surface area contributed by atoms with Gasteiger partial charge in [-0.3, -0.25) is 0 Å². The monoisotopic (exact) mass is 312 g/mol. The van der Waals surface area contributed by atoms with Gasteiger partial charge in [0.25, 0.3) is 0 Å². The van der Waals surface area contributed by atoms with Crippen LogP contribution in [0.15, 0.2) is 0 Å². The molecule has 0 aliphatic rings. The van der Waals surface area contributed by atoms with Crippen molar-refractivity contribution in [2.75, 3.05) is 7.11 Å². The number of hydrogen-bond acceptors (Lipinski definition) is 2. The second kappa shape index (κ2) is 2.77. The predicted octanol–water partition coefficient (Wildman–Crippen LogP) is -0.00900. The van der Waals surface area contributed by atoms with Crippen LogP contribution in [-0.4, -0.2) is 37.8 Å². The number of methoxy groups -OCH3 is 1. The number of hydrogen-bond donors (Lipinski definition) is 0. The summed E-state index contributed by atoms with van der Waals surface area (Å²) in [5.74, 6) is -0.0949. The van der Waals surface area contributed by atoms with Crippen molar-refractivity contribution in [1.82, 2.24) is 0 Å². The van der Waals surface area contributed by atoms with Crippen molar-refractivity contribution >= 4 is 30.7 Å². The zero-order valence-corrected chi connectivity index (χ0v) is 9.88. The van der Waals surface area contributed by atoms with Crippen molar-refractivity contribution in [3.05, 3.63) is 0 Å². The van der Waals surface area contributed by atoms with Gasteiger partial charge in [0.05, 0.1) is 0 Å². The SMILES string of the molecule is COC(=O)[C](C)(C)[BiH2]. The molecule has 0 rings (SSSR count). The Hall–Kier alpha value is 0.353. The summed E-state index contributed by atoms with van der Waals surface area (Å²) < 4.78 is 4.33. The molecule has 0 spiro atoms. The minimum absolute atomic E-state index is 0.0949. The first-order valence-corrected chi connectivity index (χ1v) is 4.60. The molecule has 0 fully saturated rings. The summed E-state index contributed by atoms with van der Waals surface area (Å²) in [4.78, 5) is 10.7. The Kier molecular flexibility index (Phi) is 2.89. The molecule has 0 amide bonds. The Balaban J connectivity index is 3.82. The van der Waals surface area contributed by atoms with E-state index >= 15 is 0 Å². The van der Waals surface area contributed by atoms with Crippen LogP contribution in [0.4, 0.5) is 0 Å². The van der Waals surface area contributed by atoms with Gasteiger partial charge in [0.2, 0.25) is 0 Å². The minimum atomic E-state index is -0.186. The molecule has 8 heavy (non-hydrogen) atoms. The summed E-state index contributed by atoms with van der Waals surface area (Å²) in [6, 6.07) is 0. The molecule has 0 saturated carbocycles. The van der Waals surface area contributed by atoms with Gasteiger partial charge < -0.3 is 0 Å². The van der Waals surface area contributed by atoms with E-state index < -0.39 is 0 Å². The number of carbonyl (C=O) groups excluding carboxylic acids is 1.